The Morgan fingerprint density at radius 1 is 1.14 bits per heavy atom. The number of thioether (sulfide) groups is 1. The van der Waals surface area contributed by atoms with Crippen molar-refractivity contribution in [1.29, 1.82) is 0 Å². The molecule has 1 aliphatic rings. The summed E-state index contributed by atoms with van der Waals surface area (Å²) in [5.41, 5.74) is -0.565. The van der Waals surface area contributed by atoms with Crippen LogP contribution in [0.25, 0.3) is 0 Å². The molecule has 0 aromatic rings. The molecule has 1 rings (SSSR count). The number of rotatable bonds is 12. The molecule has 0 aliphatic carbocycles. The fourth-order valence-corrected chi connectivity index (χ4v) is 3.58. The zero-order valence-corrected chi connectivity index (χ0v) is 19.2. The summed E-state index contributed by atoms with van der Waals surface area (Å²) in [5, 5.41) is 5.14. The van der Waals surface area contributed by atoms with E-state index >= 15 is 0 Å². The summed E-state index contributed by atoms with van der Waals surface area (Å²) < 4.78 is 5.80. The van der Waals surface area contributed by atoms with E-state index in [1.54, 1.807) is 13.3 Å². The van der Waals surface area contributed by atoms with E-state index in [0.29, 0.717) is 26.2 Å². The standard InChI is InChI=1S/C20H35N3O5S/c1-19(2,10-16(25)21-5)12-28-13-20(3,4)11-22-15(24)7-8-23-17(26)9-14(29-6)18(23)27/h14H,7-13H2,1-6H3,(H,21,25)(H,22,24). The molecule has 1 atom stereocenters. The van der Waals surface area contributed by atoms with Gasteiger partial charge in [0.05, 0.1) is 18.5 Å². The second-order valence-corrected chi connectivity index (χ2v) is 10.1. The lowest BCUT2D eigenvalue weighted by Gasteiger charge is -2.29. The summed E-state index contributed by atoms with van der Waals surface area (Å²) >= 11 is 1.36. The van der Waals surface area contributed by atoms with Crippen LogP contribution in [0.5, 0.6) is 0 Å². The summed E-state index contributed by atoms with van der Waals surface area (Å²) in [6, 6.07) is 0. The number of nitrogens with zero attached hydrogens (tertiary/aromatic N) is 1. The molecule has 1 fully saturated rings. The molecule has 9 heteroatoms. The van der Waals surface area contributed by atoms with Crippen LogP contribution in [-0.2, 0) is 23.9 Å². The van der Waals surface area contributed by atoms with Crippen molar-refractivity contribution >= 4 is 35.4 Å². The average Bonchev–Trinajstić information content (AvgIpc) is 2.90. The third kappa shape index (κ3) is 8.74. The largest absolute Gasteiger partial charge is 0.380 e. The lowest BCUT2D eigenvalue weighted by Crippen LogP contribution is -2.40. The topological polar surface area (TPSA) is 105 Å². The number of amides is 4. The molecule has 2 N–H and O–H groups in total. The number of hydrogen-bond donors (Lipinski definition) is 2. The summed E-state index contributed by atoms with van der Waals surface area (Å²) in [5.74, 6) is -0.645. The number of carbonyl (C=O) groups excluding carboxylic acids is 4. The van der Waals surface area contributed by atoms with Crippen molar-refractivity contribution in [3.05, 3.63) is 0 Å². The molecule has 0 aromatic carbocycles. The van der Waals surface area contributed by atoms with Gasteiger partial charge in [-0.05, 0) is 11.7 Å². The summed E-state index contributed by atoms with van der Waals surface area (Å²) in [4.78, 5) is 48.8. The predicted octanol–water partition coefficient (Wildman–Crippen LogP) is 1.19. The first-order chi connectivity index (χ1) is 13.4. The lowest BCUT2D eigenvalue weighted by molar-refractivity contribution is -0.138. The highest BCUT2D eigenvalue weighted by Crippen LogP contribution is 2.24. The third-order valence-electron chi connectivity index (χ3n) is 4.72. The Morgan fingerprint density at radius 3 is 2.31 bits per heavy atom. The zero-order valence-electron chi connectivity index (χ0n) is 18.4. The van der Waals surface area contributed by atoms with E-state index in [9.17, 15) is 19.2 Å². The maximum atomic E-state index is 12.1. The maximum absolute atomic E-state index is 12.1. The molecule has 0 radical (unpaired) electrons. The molecular weight excluding hydrogens is 394 g/mol. The first-order valence-electron chi connectivity index (χ1n) is 9.83. The minimum Gasteiger partial charge on any atom is -0.380 e. The van der Waals surface area contributed by atoms with Crippen molar-refractivity contribution in [2.24, 2.45) is 10.8 Å². The number of likely N-dealkylation sites (tertiary alicyclic amines) is 1. The average molecular weight is 430 g/mol. The highest BCUT2D eigenvalue weighted by atomic mass is 32.2. The van der Waals surface area contributed by atoms with Crippen molar-refractivity contribution in [3.63, 3.8) is 0 Å². The van der Waals surface area contributed by atoms with Gasteiger partial charge in [0.2, 0.25) is 23.6 Å². The first-order valence-corrected chi connectivity index (χ1v) is 11.1. The van der Waals surface area contributed by atoms with E-state index in [2.05, 4.69) is 10.6 Å². The molecule has 1 unspecified atom stereocenters. The van der Waals surface area contributed by atoms with Gasteiger partial charge in [-0.3, -0.25) is 24.1 Å². The van der Waals surface area contributed by atoms with Crippen LogP contribution in [0, 0.1) is 10.8 Å². The summed E-state index contributed by atoms with van der Waals surface area (Å²) in [7, 11) is 1.61. The number of hydrogen-bond acceptors (Lipinski definition) is 6. The Hall–Kier alpha value is -1.61. The molecule has 1 aliphatic heterocycles. The van der Waals surface area contributed by atoms with Crippen LogP contribution in [-0.4, -0.2) is 73.4 Å². The quantitative estimate of drug-likeness (QED) is 0.452. The van der Waals surface area contributed by atoms with Gasteiger partial charge in [-0.2, -0.15) is 11.8 Å². The van der Waals surface area contributed by atoms with Crippen molar-refractivity contribution in [1.82, 2.24) is 15.5 Å². The second kappa shape index (κ2) is 11.0. The van der Waals surface area contributed by atoms with Gasteiger partial charge in [0, 0.05) is 44.8 Å². The van der Waals surface area contributed by atoms with Gasteiger partial charge in [0.1, 0.15) is 0 Å². The molecule has 4 amide bonds. The Kier molecular flexibility index (Phi) is 9.61. The van der Waals surface area contributed by atoms with Gasteiger partial charge in [0.15, 0.2) is 0 Å². The number of carbonyl (C=O) groups is 4. The van der Waals surface area contributed by atoms with Crippen LogP contribution in [0.15, 0.2) is 0 Å². The second-order valence-electron chi connectivity index (χ2n) is 9.01. The molecular formula is C20H35N3O5S. The van der Waals surface area contributed by atoms with Gasteiger partial charge in [-0.1, -0.05) is 27.7 Å². The monoisotopic (exact) mass is 429 g/mol. The molecule has 0 spiro atoms. The fourth-order valence-electron chi connectivity index (χ4n) is 2.94. The molecule has 8 nitrogen and oxygen atoms in total. The molecule has 0 saturated carbocycles. The third-order valence-corrected chi connectivity index (χ3v) is 5.65. The van der Waals surface area contributed by atoms with E-state index in [0.717, 1.165) is 0 Å². The van der Waals surface area contributed by atoms with Gasteiger partial charge < -0.3 is 15.4 Å². The molecule has 29 heavy (non-hydrogen) atoms. The van der Waals surface area contributed by atoms with E-state index < -0.39 is 0 Å². The molecule has 1 saturated heterocycles. The van der Waals surface area contributed by atoms with Gasteiger partial charge >= 0.3 is 0 Å². The Labute approximate surface area is 177 Å². The van der Waals surface area contributed by atoms with Crippen LogP contribution >= 0.6 is 11.8 Å². The van der Waals surface area contributed by atoms with Crippen molar-refractivity contribution in [3.8, 4) is 0 Å². The van der Waals surface area contributed by atoms with Crippen molar-refractivity contribution < 1.29 is 23.9 Å². The van der Waals surface area contributed by atoms with Crippen molar-refractivity contribution in [2.45, 2.75) is 52.2 Å². The SMILES string of the molecule is CNC(=O)CC(C)(C)COCC(C)(C)CNC(=O)CCN1C(=O)CC(SC)C1=O. The lowest BCUT2D eigenvalue weighted by atomic mass is 9.89. The van der Waals surface area contributed by atoms with Gasteiger partial charge in [0.25, 0.3) is 0 Å². The smallest absolute Gasteiger partial charge is 0.242 e. The normalized spacial score (nSPS) is 17.6. The van der Waals surface area contributed by atoms with Crippen LogP contribution in [0.2, 0.25) is 0 Å². The van der Waals surface area contributed by atoms with E-state index in [1.165, 1.54) is 16.7 Å². The summed E-state index contributed by atoms with van der Waals surface area (Å²) in [6.07, 6.45) is 2.48. The van der Waals surface area contributed by atoms with Crippen LogP contribution < -0.4 is 10.6 Å². The maximum Gasteiger partial charge on any atom is 0.242 e. The first kappa shape index (κ1) is 25.4. The van der Waals surface area contributed by atoms with E-state index in [-0.39, 0.29) is 59.1 Å². The van der Waals surface area contributed by atoms with Gasteiger partial charge in [-0.25, -0.2) is 0 Å². The van der Waals surface area contributed by atoms with Crippen LogP contribution in [0.4, 0.5) is 0 Å². The van der Waals surface area contributed by atoms with E-state index in [4.69, 9.17) is 4.74 Å². The van der Waals surface area contributed by atoms with Gasteiger partial charge in [-0.15, -0.1) is 0 Å². The Bertz CT molecular complexity index is 621. The fraction of sp³-hybridized carbons (Fsp3) is 0.800. The number of ether oxygens (including phenoxy) is 1. The minimum atomic E-state index is -0.325. The van der Waals surface area contributed by atoms with Crippen LogP contribution in [0.3, 0.4) is 0 Å². The Balaban J connectivity index is 2.34. The molecule has 0 bridgehead atoms. The van der Waals surface area contributed by atoms with Crippen molar-refractivity contribution in [2.75, 3.05) is 39.6 Å². The van der Waals surface area contributed by atoms with Crippen LogP contribution in [0.1, 0.15) is 47.0 Å². The highest BCUT2D eigenvalue weighted by Gasteiger charge is 2.37. The molecule has 166 valence electrons. The number of imide groups is 1. The van der Waals surface area contributed by atoms with E-state index in [1.807, 2.05) is 27.7 Å². The molecule has 1 heterocycles. The highest BCUT2D eigenvalue weighted by molar-refractivity contribution is 8.00. The zero-order chi connectivity index (χ0) is 22.2. The number of nitrogens with one attached hydrogen (secondary N) is 2. The summed E-state index contributed by atoms with van der Waals surface area (Å²) in [6.45, 7) is 9.31. The molecule has 0 aromatic heterocycles. The predicted molar refractivity (Wildman–Crippen MR) is 113 cm³/mol. The Morgan fingerprint density at radius 2 is 1.76 bits per heavy atom. The minimum absolute atomic E-state index is 0.0241.